The van der Waals surface area contributed by atoms with E-state index in [0.717, 1.165) is 0 Å². The molecule has 0 saturated carbocycles. The van der Waals surface area contributed by atoms with Gasteiger partial charge in [-0.05, 0) is 61.9 Å². The van der Waals surface area contributed by atoms with Crippen LogP contribution in [0.4, 0.5) is 0 Å². The van der Waals surface area contributed by atoms with Gasteiger partial charge < -0.3 is 47.8 Å². The molecule has 2 aromatic rings. The molecule has 10 N–H and O–H groups in total. The summed E-state index contributed by atoms with van der Waals surface area (Å²) in [5, 5.41) is 29.5. The van der Waals surface area contributed by atoms with Gasteiger partial charge in [-0.2, -0.15) is 0 Å². The van der Waals surface area contributed by atoms with Crippen molar-refractivity contribution in [1.82, 2.24) is 26.2 Å². The Morgan fingerprint density at radius 3 is 2.10 bits per heavy atom. The first-order valence-electron chi connectivity index (χ1n) is 15.9. The lowest BCUT2D eigenvalue weighted by molar-refractivity contribution is -0.142. The van der Waals surface area contributed by atoms with Crippen LogP contribution in [-0.2, 0) is 41.6 Å². The van der Waals surface area contributed by atoms with Crippen molar-refractivity contribution >= 4 is 35.5 Å². The molecular weight excluding hydrogens is 622 g/mol. The second-order valence-corrected chi connectivity index (χ2v) is 11.6. The number of aliphatic carboxylic acids is 1. The second kappa shape index (κ2) is 19.0. The van der Waals surface area contributed by atoms with E-state index in [1.807, 2.05) is 0 Å². The summed E-state index contributed by atoms with van der Waals surface area (Å²) in [5.74, 6) is -4.17. The molecule has 0 radical (unpaired) electrons. The van der Waals surface area contributed by atoms with Gasteiger partial charge in [0.15, 0.2) is 0 Å². The number of likely N-dealkylation sites (tertiary alicyclic amines) is 1. The fourth-order valence-corrected chi connectivity index (χ4v) is 5.44. The predicted octanol–water partition coefficient (Wildman–Crippen LogP) is -1.09. The molecule has 0 aromatic heterocycles. The summed E-state index contributed by atoms with van der Waals surface area (Å²) >= 11 is 0. The molecule has 3 rings (SSSR count). The largest absolute Gasteiger partial charge is 0.508 e. The lowest BCUT2D eigenvalue weighted by Gasteiger charge is -2.29. The van der Waals surface area contributed by atoms with E-state index in [4.69, 9.17) is 11.5 Å². The molecule has 0 spiro atoms. The maximum atomic E-state index is 13.6. The third kappa shape index (κ3) is 11.7. The van der Waals surface area contributed by atoms with Crippen LogP contribution in [0.25, 0.3) is 0 Å². The number of carbonyl (C=O) groups is 6. The number of nitrogens with one attached hydrogen (secondary N) is 4. The topological polar surface area (TPSA) is 246 Å². The van der Waals surface area contributed by atoms with Crippen molar-refractivity contribution in [3.8, 4) is 5.75 Å². The average molecular weight is 668 g/mol. The van der Waals surface area contributed by atoms with Crippen LogP contribution in [0.15, 0.2) is 54.6 Å². The number of hydrogen-bond acceptors (Lipinski definition) is 9. The molecule has 1 heterocycles. The third-order valence-corrected chi connectivity index (χ3v) is 7.95. The van der Waals surface area contributed by atoms with Crippen LogP contribution in [0, 0.1) is 0 Å². The van der Waals surface area contributed by atoms with Crippen LogP contribution in [0.1, 0.15) is 43.2 Å². The fraction of sp³-hybridized carbons (Fsp3) is 0.455. The summed E-state index contributed by atoms with van der Waals surface area (Å²) in [4.78, 5) is 78.3. The molecule has 0 aliphatic carbocycles. The zero-order valence-electron chi connectivity index (χ0n) is 26.7. The van der Waals surface area contributed by atoms with Crippen LogP contribution in [0.5, 0.6) is 5.75 Å². The normalized spacial score (nSPS) is 15.9. The van der Waals surface area contributed by atoms with Crippen molar-refractivity contribution in [2.75, 3.05) is 26.2 Å². The number of unbranched alkanes of at least 4 members (excludes halogenated alkanes) is 1. The molecule has 260 valence electrons. The first kappa shape index (κ1) is 37.4. The molecule has 15 nitrogen and oxygen atoms in total. The van der Waals surface area contributed by atoms with E-state index in [2.05, 4.69) is 21.3 Å². The highest BCUT2D eigenvalue weighted by atomic mass is 16.4. The predicted molar refractivity (Wildman–Crippen MR) is 175 cm³/mol. The van der Waals surface area contributed by atoms with Crippen molar-refractivity contribution in [2.24, 2.45) is 11.5 Å². The molecule has 2 aromatic carbocycles. The number of phenols is 1. The zero-order chi connectivity index (χ0) is 35.1. The summed E-state index contributed by atoms with van der Waals surface area (Å²) < 4.78 is 0. The Bertz CT molecular complexity index is 1410. The number of carboxylic acid groups (broad SMARTS) is 1. The number of carbonyl (C=O) groups excluding carboxylic acids is 5. The Morgan fingerprint density at radius 1 is 0.812 bits per heavy atom. The Balaban J connectivity index is 1.62. The molecule has 1 aliphatic heterocycles. The van der Waals surface area contributed by atoms with Crippen molar-refractivity contribution < 1.29 is 39.0 Å². The summed E-state index contributed by atoms with van der Waals surface area (Å²) in [5.41, 5.74) is 12.4. The molecule has 5 amide bonds. The lowest BCUT2D eigenvalue weighted by Crippen LogP contribution is -2.56. The minimum atomic E-state index is -1.23. The lowest BCUT2D eigenvalue weighted by atomic mass is 10.0. The monoisotopic (exact) mass is 667 g/mol. The number of amides is 5. The summed E-state index contributed by atoms with van der Waals surface area (Å²) in [6.07, 6.45) is 2.25. The molecule has 4 atom stereocenters. The van der Waals surface area contributed by atoms with Crippen molar-refractivity contribution in [3.63, 3.8) is 0 Å². The zero-order valence-corrected chi connectivity index (χ0v) is 26.7. The number of rotatable bonds is 18. The number of nitrogens with zero attached hydrogens (tertiary/aromatic N) is 1. The van der Waals surface area contributed by atoms with Crippen LogP contribution >= 0.6 is 0 Å². The van der Waals surface area contributed by atoms with Gasteiger partial charge >= 0.3 is 5.97 Å². The molecule has 1 fully saturated rings. The van der Waals surface area contributed by atoms with Gasteiger partial charge in [-0.3, -0.25) is 24.0 Å². The fourth-order valence-electron chi connectivity index (χ4n) is 5.44. The summed E-state index contributed by atoms with van der Waals surface area (Å²) in [6, 6.07) is 10.7. The Hall–Kier alpha value is -5.02. The maximum absolute atomic E-state index is 13.6. The smallest absolute Gasteiger partial charge is 0.326 e. The van der Waals surface area contributed by atoms with Crippen molar-refractivity contribution in [2.45, 2.75) is 69.1 Å². The van der Waals surface area contributed by atoms with Crippen LogP contribution in [0.3, 0.4) is 0 Å². The second-order valence-electron chi connectivity index (χ2n) is 11.6. The quantitative estimate of drug-likeness (QED) is 0.0893. The van der Waals surface area contributed by atoms with E-state index >= 15 is 0 Å². The summed E-state index contributed by atoms with van der Waals surface area (Å²) in [7, 11) is 0. The number of nitrogens with two attached hydrogens (primary N) is 2. The van der Waals surface area contributed by atoms with Gasteiger partial charge in [0.05, 0.1) is 13.1 Å². The van der Waals surface area contributed by atoms with Gasteiger partial charge in [0.2, 0.25) is 29.5 Å². The number of aromatic hydroxyl groups is 1. The third-order valence-electron chi connectivity index (χ3n) is 7.95. The van der Waals surface area contributed by atoms with Crippen LogP contribution in [-0.4, -0.2) is 101 Å². The van der Waals surface area contributed by atoms with E-state index in [0.29, 0.717) is 43.4 Å². The minimum Gasteiger partial charge on any atom is -0.508 e. The summed E-state index contributed by atoms with van der Waals surface area (Å²) in [6.45, 7) is -0.212. The van der Waals surface area contributed by atoms with Gasteiger partial charge in [0, 0.05) is 19.4 Å². The molecule has 4 unspecified atom stereocenters. The van der Waals surface area contributed by atoms with Crippen molar-refractivity contribution in [1.29, 1.82) is 0 Å². The van der Waals surface area contributed by atoms with Gasteiger partial charge in [-0.15, -0.1) is 0 Å². The van der Waals surface area contributed by atoms with Gasteiger partial charge in [-0.1, -0.05) is 42.5 Å². The molecular formula is C33H45N7O8. The Morgan fingerprint density at radius 2 is 1.46 bits per heavy atom. The van der Waals surface area contributed by atoms with Gasteiger partial charge in [0.1, 0.15) is 29.9 Å². The highest BCUT2D eigenvalue weighted by molar-refractivity contribution is 5.95. The van der Waals surface area contributed by atoms with E-state index in [9.17, 15) is 39.0 Å². The first-order chi connectivity index (χ1) is 23.0. The maximum Gasteiger partial charge on any atom is 0.326 e. The van der Waals surface area contributed by atoms with Crippen LogP contribution in [0.2, 0.25) is 0 Å². The SMILES string of the molecule is NCCCCC(NC(=O)CNC(=O)C1CCCN1C(=O)C(Cc1ccc(O)cc1)NC(=O)CN)C(=O)NC(Cc1ccccc1)C(=O)O. The number of phenolic OH excluding ortho intramolecular Hbond substituents is 1. The number of hydrogen-bond donors (Lipinski definition) is 8. The highest BCUT2D eigenvalue weighted by Gasteiger charge is 2.38. The highest BCUT2D eigenvalue weighted by Crippen LogP contribution is 2.20. The average Bonchev–Trinajstić information content (AvgIpc) is 3.57. The van der Waals surface area contributed by atoms with Crippen molar-refractivity contribution in [3.05, 3.63) is 65.7 Å². The van der Waals surface area contributed by atoms with E-state index in [1.165, 1.54) is 17.0 Å². The standard InChI is InChI=1S/C33H45N7O8/c34-15-5-4-9-24(30(44)39-26(33(47)48)18-21-7-2-1-3-8-21)37-29(43)20-36-31(45)27-10-6-16-40(27)32(46)25(38-28(42)19-35)17-22-11-13-23(41)14-12-22/h1-3,7-8,11-14,24-27,41H,4-6,9-10,15-20,34-35H2,(H,36,45)(H,37,43)(H,38,42)(H,39,44)(H,47,48). The first-order valence-corrected chi connectivity index (χ1v) is 15.9. The Kier molecular flexibility index (Phi) is 14.8. The van der Waals surface area contributed by atoms with Crippen LogP contribution < -0.4 is 32.7 Å². The number of benzene rings is 2. The molecule has 15 heteroatoms. The number of carboxylic acids is 1. The Labute approximate surface area is 278 Å². The molecule has 48 heavy (non-hydrogen) atoms. The van der Waals surface area contributed by atoms with Gasteiger partial charge in [-0.25, -0.2) is 4.79 Å². The van der Waals surface area contributed by atoms with Gasteiger partial charge in [0.25, 0.3) is 0 Å². The molecule has 1 aliphatic rings. The van der Waals surface area contributed by atoms with E-state index in [1.54, 1.807) is 42.5 Å². The minimum absolute atomic E-state index is 0.0444. The molecule has 1 saturated heterocycles. The molecule has 0 bridgehead atoms. The van der Waals surface area contributed by atoms with E-state index in [-0.39, 0.29) is 38.1 Å². The van der Waals surface area contributed by atoms with E-state index < -0.39 is 66.2 Å².